The zero-order valence-electron chi connectivity index (χ0n) is 14.8. The maximum Gasteiger partial charge on any atom is -0.0104 e. The molecule has 1 rings (SSSR count). The summed E-state index contributed by atoms with van der Waals surface area (Å²) in [6.45, 7) is 13.5. The Hall–Kier alpha value is -1.30. The van der Waals surface area contributed by atoms with E-state index in [4.69, 9.17) is 0 Å². The van der Waals surface area contributed by atoms with Gasteiger partial charge in [-0.15, -0.1) is 0 Å². The Kier molecular flexibility index (Phi) is 6.95. The summed E-state index contributed by atoms with van der Waals surface area (Å²) in [5, 5.41) is 0. The lowest BCUT2D eigenvalue weighted by atomic mass is 9.72. The van der Waals surface area contributed by atoms with Crippen LogP contribution in [0.1, 0.15) is 67.2 Å². The van der Waals surface area contributed by atoms with Crippen LogP contribution in [0.25, 0.3) is 0 Å². The Morgan fingerprint density at radius 3 is 2.48 bits per heavy atom. The molecule has 0 aromatic rings. The van der Waals surface area contributed by atoms with E-state index in [-0.39, 0.29) is 0 Å². The highest BCUT2D eigenvalue weighted by Crippen LogP contribution is 2.40. The van der Waals surface area contributed by atoms with Crippen LogP contribution in [-0.4, -0.2) is 0 Å². The molecule has 0 aromatic heterocycles. The third-order valence-corrected chi connectivity index (χ3v) is 4.30. The van der Waals surface area contributed by atoms with E-state index in [1.165, 1.54) is 36.0 Å². The van der Waals surface area contributed by atoms with Gasteiger partial charge < -0.3 is 0 Å². The molecule has 116 valence electrons. The number of hydrogen-bond acceptors (Lipinski definition) is 0. The molecule has 0 spiro atoms. The van der Waals surface area contributed by atoms with Crippen molar-refractivity contribution in [1.29, 1.82) is 0 Å². The molecule has 21 heavy (non-hydrogen) atoms. The molecule has 0 radical (unpaired) electrons. The summed E-state index contributed by atoms with van der Waals surface area (Å²) < 4.78 is 0. The van der Waals surface area contributed by atoms with E-state index in [0.717, 1.165) is 6.42 Å². The van der Waals surface area contributed by atoms with Crippen LogP contribution >= 0.6 is 0 Å². The topological polar surface area (TPSA) is 0 Å². The third-order valence-electron chi connectivity index (χ3n) is 4.30. The fourth-order valence-corrected chi connectivity index (χ4v) is 3.02. The highest BCUT2D eigenvalue weighted by molar-refractivity contribution is 5.37. The average Bonchev–Trinajstić information content (AvgIpc) is 2.37. The molecular formula is C21H32. The number of rotatable bonds is 5. The second-order valence-electron chi connectivity index (χ2n) is 6.89. The van der Waals surface area contributed by atoms with Gasteiger partial charge in [-0.2, -0.15) is 0 Å². The van der Waals surface area contributed by atoms with Gasteiger partial charge in [-0.25, -0.2) is 0 Å². The molecule has 0 aliphatic heterocycles. The summed E-state index contributed by atoms with van der Waals surface area (Å²) in [5.41, 5.74) is 6.06. The molecule has 0 atom stereocenters. The second kappa shape index (κ2) is 8.22. The highest BCUT2D eigenvalue weighted by atomic mass is 14.3. The van der Waals surface area contributed by atoms with Gasteiger partial charge >= 0.3 is 0 Å². The molecular weight excluding hydrogens is 252 g/mol. The molecule has 0 nitrogen and oxygen atoms in total. The van der Waals surface area contributed by atoms with Gasteiger partial charge in [0.05, 0.1) is 0 Å². The van der Waals surface area contributed by atoms with Crippen molar-refractivity contribution in [1.82, 2.24) is 0 Å². The minimum atomic E-state index is 0.329. The molecule has 0 amide bonds. The van der Waals surface area contributed by atoms with Crippen molar-refractivity contribution in [2.75, 3.05) is 0 Å². The fourth-order valence-electron chi connectivity index (χ4n) is 3.02. The first-order valence-electron chi connectivity index (χ1n) is 8.27. The summed E-state index contributed by atoms with van der Waals surface area (Å²) in [6.07, 6.45) is 18.3. The molecule has 0 N–H and O–H groups in total. The monoisotopic (exact) mass is 284 g/mol. The first kappa shape index (κ1) is 17.8. The van der Waals surface area contributed by atoms with E-state index in [2.05, 4.69) is 78.0 Å². The Morgan fingerprint density at radius 2 is 1.86 bits per heavy atom. The van der Waals surface area contributed by atoms with Crippen LogP contribution in [0.5, 0.6) is 0 Å². The minimum Gasteiger partial charge on any atom is -0.0819 e. The zero-order chi connectivity index (χ0) is 15.9. The quantitative estimate of drug-likeness (QED) is 0.480. The fraction of sp³-hybridized carbons (Fsp3) is 0.524. The summed E-state index contributed by atoms with van der Waals surface area (Å²) in [7, 11) is 0. The Balaban J connectivity index is 2.78. The van der Waals surface area contributed by atoms with Gasteiger partial charge in [0.1, 0.15) is 0 Å². The molecule has 1 aliphatic rings. The van der Waals surface area contributed by atoms with Crippen molar-refractivity contribution in [3.05, 3.63) is 58.7 Å². The van der Waals surface area contributed by atoms with Crippen molar-refractivity contribution >= 4 is 0 Å². The predicted molar refractivity (Wildman–Crippen MR) is 96.4 cm³/mol. The standard InChI is InChI=1S/C21H32/c1-7-10-17(2)11-8-12-18(3)14-15-20-19(4)13-9-16-21(20,5)6/h8,10-12,14-15H,7,9,13,16H2,1-6H3/b11-8?,15-14+,17-10+,18-12?. The predicted octanol–water partition coefficient (Wildman–Crippen LogP) is 6.93. The smallest absolute Gasteiger partial charge is 0.0104 e. The lowest BCUT2D eigenvalue weighted by Crippen LogP contribution is -2.19. The van der Waals surface area contributed by atoms with Crippen molar-refractivity contribution in [2.24, 2.45) is 5.41 Å². The van der Waals surface area contributed by atoms with Gasteiger partial charge in [-0.1, -0.05) is 73.9 Å². The molecule has 0 saturated heterocycles. The molecule has 0 fully saturated rings. The van der Waals surface area contributed by atoms with Gasteiger partial charge in [-0.3, -0.25) is 0 Å². The van der Waals surface area contributed by atoms with E-state index in [1.54, 1.807) is 5.57 Å². The van der Waals surface area contributed by atoms with E-state index in [1.807, 2.05) is 0 Å². The maximum atomic E-state index is 2.37. The van der Waals surface area contributed by atoms with E-state index in [9.17, 15) is 0 Å². The van der Waals surface area contributed by atoms with E-state index >= 15 is 0 Å². The first-order chi connectivity index (χ1) is 9.86. The summed E-state index contributed by atoms with van der Waals surface area (Å²) in [5.74, 6) is 0. The van der Waals surface area contributed by atoms with E-state index in [0.29, 0.717) is 5.41 Å². The van der Waals surface area contributed by atoms with Crippen molar-refractivity contribution < 1.29 is 0 Å². The van der Waals surface area contributed by atoms with Crippen LogP contribution in [-0.2, 0) is 0 Å². The molecule has 0 heterocycles. The van der Waals surface area contributed by atoms with Crippen LogP contribution < -0.4 is 0 Å². The molecule has 0 saturated carbocycles. The van der Waals surface area contributed by atoms with Crippen molar-refractivity contribution in [3.8, 4) is 0 Å². The first-order valence-corrected chi connectivity index (χ1v) is 8.27. The number of hydrogen-bond donors (Lipinski definition) is 0. The normalized spacial score (nSPS) is 20.9. The summed E-state index contributed by atoms with van der Waals surface area (Å²) in [4.78, 5) is 0. The Morgan fingerprint density at radius 1 is 1.14 bits per heavy atom. The van der Waals surface area contributed by atoms with Gasteiger partial charge in [0.25, 0.3) is 0 Å². The van der Waals surface area contributed by atoms with Gasteiger partial charge in [0, 0.05) is 0 Å². The van der Waals surface area contributed by atoms with Crippen LogP contribution in [0, 0.1) is 5.41 Å². The Labute approximate surface area is 132 Å². The molecule has 0 heteroatoms. The minimum absolute atomic E-state index is 0.329. The van der Waals surface area contributed by atoms with Crippen LogP contribution in [0.2, 0.25) is 0 Å². The van der Waals surface area contributed by atoms with Crippen LogP contribution in [0.3, 0.4) is 0 Å². The number of allylic oxidation sites excluding steroid dienone is 10. The largest absolute Gasteiger partial charge is 0.0819 e. The lowest BCUT2D eigenvalue weighted by Gasteiger charge is -2.32. The maximum absolute atomic E-state index is 2.37. The average molecular weight is 284 g/mol. The molecule has 0 unspecified atom stereocenters. The summed E-state index contributed by atoms with van der Waals surface area (Å²) >= 11 is 0. The van der Waals surface area contributed by atoms with Gasteiger partial charge in [0.2, 0.25) is 0 Å². The molecule has 0 aromatic carbocycles. The lowest BCUT2D eigenvalue weighted by molar-refractivity contribution is 0.377. The zero-order valence-corrected chi connectivity index (χ0v) is 14.8. The van der Waals surface area contributed by atoms with Gasteiger partial charge in [0.15, 0.2) is 0 Å². The van der Waals surface area contributed by atoms with Crippen LogP contribution in [0.15, 0.2) is 58.7 Å². The van der Waals surface area contributed by atoms with Gasteiger partial charge in [-0.05, 0) is 57.4 Å². The van der Waals surface area contributed by atoms with Crippen molar-refractivity contribution in [3.63, 3.8) is 0 Å². The highest BCUT2D eigenvalue weighted by Gasteiger charge is 2.26. The second-order valence-corrected chi connectivity index (χ2v) is 6.89. The van der Waals surface area contributed by atoms with Crippen LogP contribution in [0.4, 0.5) is 0 Å². The van der Waals surface area contributed by atoms with Crippen molar-refractivity contribution in [2.45, 2.75) is 67.2 Å². The SMILES string of the molecule is CC/C=C(\C)C=CC=C(C)/C=C/C1=C(C)CCCC1(C)C. The Bertz CT molecular complexity index is 490. The summed E-state index contributed by atoms with van der Waals surface area (Å²) in [6, 6.07) is 0. The molecule has 1 aliphatic carbocycles. The third kappa shape index (κ3) is 5.91. The van der Waals surface area contributed by atoms with E-state index < -0.39 is 0 Å². The molecule has 0 bridgehead atoms.